The summed E-state index contributed by atoms with van der Waals surface area (Å²) in [4.78, 5) is 10.7. The van der Waals surface area contributed by atoms with Crippen LogP contribution in [-0.2, 0) is 0 Å². The topological polar surface area (TPSA) is 58.5 Å². The Bertz CT molecular complexity index is 837. The van der Waals surface area contributed by atoms with Crippen molar-refractivity contribution in [3.63, 3.8) is 0 Å². The van der Waals surface area contributed by atoms with Crippen LogP contribution in [0.15, 0.2) is 48.8 Å². The second-order valence-electron chi connectivity index (χ2n) is 5.85. The molecule has 2 aromatic heterocycles. The molecule has 5 heteroatoms. The van der Waals surface area contributed by atoms with Crippen molar-refractivity contribution in [2.24, 2.45) is 0 Å². The van der Waals surface area contributed by atoms with Gasteiger partial charge in [-0.2, -0.15) is 0 Å². The molecule has 2 heterocycles. The van der Waals surface area contributed by atoms with E-state index in [2.05, 4.69) is 9.97 Å². The van der Waals surface area contributed by atoms with Crippen molar-refractivity contribution < 1.29 is 9.84 Å². The minimum absolute atomic E-state index is 0.469. The number of benzene rings is 1. The normalized spacial score (nSPS) is 12.2. The fourth-order valence-corrected chi connectivity index (χ4v) is 2.80. The number of fused-ring (bicyclic) bond motifs is 1. The number of ether oxygens (including phenoxy) is 1. The van der Waals surface area contributed by atoms with Crippen molar-refractivity contribution in [3.8, 4) is 5.75 Å². The smallest absolute Gasteiger partial charge is 0.121 e. The molecule has 3 aromatic rings. The lowest BCUT2D eigenvalue weighted by molar-refractivity contribution is 0.184. The minimum atomic E-state index is -0.606. The minimum Gasteiger partial charge on any atom is -0.497 e. The lowest BCUT2D eigenvalue weighted by atomic mass is 10.1. The Labute approximate surface area is 141 Å². The van der Waals surface area contributed by atoms with Crippen molar-refractivity contribution >= 4 is 16.6 Å². The Morgan fingerprint density at radius 2 is 2.08 bits per heavy atom. The molecule has 1 atom stereocenters. The van der Waals surface area contributed by atoms with Gasteiger partial charge in [0, 0.05) is 54.4 Å². The lowest BCUT2D eigenvalue weighted by Gasteiger charge is -2.24. The molecule has 0 aliphatic heterocycles. The van der Waals surface area contributed by atoms with Crippen LogP contribution in [-0.4, -0.2) is 35.8 Å². The molecule has 0 amide bonds. The Morgan fingerprint density at radius 3 is 2.79 bits per heavy atom. The highest BCUT2D eigenvalue weighted by Crippen LogP contribution is 2.29. The first-order chi connectivity index (χ1) is 11.6. The third-order valence-electron chi connectivity index (χ3n) is 4.05. The van der Waals surface area contributed by atoms with E-state index in [1.54, 1.807) is 19.5 Å². The number of nitrogens with zero attached hydrogens (tertiary/aromatic N) is 3. The van der Waals surface area contributed by atoms with Crippen LogP contribution >= 0.6 is 0 Å². The number of aliphatic hydroxyl groups is 1. The maximum absolute atomic E-state index is 10.5. The molecule has 124 valence electrons. The number of pyridine rings is 2. The summed E-state index contributed by atoms with van der Waals surface area (Å²) in [6.45, 7) is 2.43. The molecule has 0 aliphatic carbocycles. The van der Waals surface area contributed by atoms with Gasteiger partial charge in [-0.1, -0.05) is 6.07 Å². The summed E-state index contributed by atoms with van der Waals surface area (Å²) in [6.07, 6.45) is 2.79. The van der Waals surface area contributed by atoms with Crippen LogP contribution in [0, 0.1) is 6.92 Å². The molecule has 0 bridgehead atoms. The number of likely N-dealkylation sites (N-methyl/N-ethyl adjacent to an activating group) is 1. The molecule has 1 aromatic carbocycles. The number of methoxy groups -OCH3 is 1. The van der Waals surface area contributed by atoms with Gasteiger partial charge in [-0.3, -0.25) is 9.97 Å². The predicted octanol–water partition coefficient (Wildman–Crippen LogP) is 3.12. The van der Waals surface area contributed by atoms with Gasteiger partial charge in [0.15, 0.2) is 0 Å². The molecule has 0 saturated heterocycles. The van der Waals surface area contributed by atoms with E-state index in [1.807, 2.05) is 55.3 Å². The zero-order valence-electron chi connectivity index (χ0n) is 14.1. The summed E-state index contributed by atoms with van der Waals surface area (Å²) in [5.41, 5.74) is 3.64. The molecule has 5 nitrogen and oxygen atoms in total. The molecular weight excluding hydrogens is 302 g/mol. The number of hydrogen-bond donors (Lipinski definition) is 1. The van der Waals surface area contributed by atoms with E-state index < -0.39 is 6.10 Å². The standard InChI is InChI=1S/C19H21N3O2/c1-13-9-18(16-7-6-15(24-3)10-17(16)21-13)22(2)12-19(23)14-5-4-8-20-11-14/h4-11,19,23H,12H2,1-3H3. The zero-order chi connectivity index (χ0) is 17.1. The van der Waals surface area contributed by atoms with Crippen molar-refractivity contribution in [2.75, 3.05) is 25.6 Å². The van der Waals surface area contributed by atoms with E-state index in [1.165, 1.54) is 0 Å². The number of hydrogen-bond acceptors (Lipinski definition) is 5. The van der Waals surface area contributed by atoms with Crippen molar-refractivity contribution in [1.29, 1.82) is 0 Å². The number of rotatable bonds is 5. The number of aryl methyl sites for hydroxylation is 1. The predicted molar refractivity (Wildman–Crippen MR) is 95.5 cm³/mol. The third-order valence-corrected chi connectivity index (χ3v) is 4.05. The monoisotopic (exact) mass is 323 g/mol. The highest BCUT2D eigenvalue weighted by Gasteiger charge is 2.14. The summed E-state index contributed by atoms with van der Waals surface area (Å²) >= 11 is 0. The summed E-state index contributed by atoms with van der Waals surface area (Å²) in [5, 5.41) is 11.5. The van der Waals surface area contributed by atoms with Gasteiger partial charge in [-0.05, 0) is 31.2 Å². The first-order valence-corrected chi connectivity index (χ1v) is 7.83. The molecule has 0 saturated carbocycles. The van der Waals surface area contributed by atoms with E-state index in [0.29, 0.717) is 6.54 Å². The quantitative estimate of drug-likeness (QED) is 0.782. The highest BCUT2D eigenvalue weighted by molar-refractivity contribution is 5.92. The second kappa shape index (κ2) is 6.84. The Morgan fingerprint density at radius 1 is 1.25 bits per heavy atom. The van der Waals surface area contributed by atoms with Crippen LogP contribution in [0.4, 0.5) is 5.69 Å². The van der Waals surface area contributed by atoms with E-state index in [9.17, 15) is 5.11 Å². The molecule has 3 rings (SSSR count). The molecule has 0 aliphatic rings. The fraction of sp³-hybridized carbons (Fsp3) is 0.263. The summed E-state index contributed by atoms with van der Waals surface area (Å²) in [5.74, 6) is 0.782. The van der Waals surface area contributed by atoms with E-state index >= 15 is 0 Å². The van der Waals surface area contributed by atoms with Gasteiger partial charge in [0.2, 0.25) is 0 Å². The fourth-order valence-electron chi connectivity index (χ4n) is 2.80. The molecule has 0 radical (unpaired) electrons. The van der Waals surface area contributed by atoms with E-state index in [0.717, 1.165) is 33.6 Å². The molecule has 0 spiro atoms. The van der Waals surface area contributed by atoms with Gasteiger partial charge in [0.1, 0.15) is 5.75 Å². The first-order valence-electron chi connectivity index (χ1n) is 7.83. The molecule has 1 unspecified atom stereocenters. The van der Waals surface area contributed by atoms with Gasteiger partial charge in [-0.15, -0.1) is 0 Å². The van der Waals surface area contributed by atoms with E-state index in [4.69, 9.17) is 4.74 Å². The number of aliphatic hydroxyl groups excluding tert-OH is 1. The average Bonchev–Trinajstić information content (AvgIpc) is 2.61. The van der Waals surface area contributed by atoms with Crippen LogP contribution in [0.2, 0.25) is 0 Å². The van der Waals surface area contributed by atoms with Gasteiger partial charge < -0.3 is 14.7 Å². The van der Waals surface area contributed by atoms with Crippen LogP contribution < -0.4 is 9.64 Å². The summed E-state index contributed by atoms with van der Waals surface area (Å²) in [7, 11) is 3.62. The maximum atomic E-state index is 10.5. The second-order valence-corrected chi connectivity index (χ2v) is 5.85. The van der Waals surface area contributed by atoms with Crippen molar-refractivity contribution in [3.05, 3.63) is 60.0 Å². The van der Waals surface area contributed by atoms with Crippen LogP contribution in [0.5, 0.6) is 5.75 Å². The molecule has 24 heavy (non-hydrogen) atoms. The Kier molecular flexibility index (Phi) is 4.62. The first kappa shape index (κ1) is 16.2. The third kappa shape index (κ3) is 3.31. The van der Waals surface area contributed by atoms with Gasteiger partial charge in [-0.25, -0.2) is 0 Å². The van der Waals surface area contributed by atoms with Crippen molar-refractivity contribution in [2.45, 2.75) is 13.0 Å². The van der Waals surface area contributed by atoms with Crippen LogP contribution in [0.3, 0.4) is 0 Å². The highest BCUT2D eigenvalue weighted by atomic mass is 16.5. The zero-order valence-corrected chi connectivity index (χ0v) is 14.1. The van der Waals surface area contributed by atoms with E-state index in [-0.39, 0.29) is 0 Å². The van der Waals surface area contributed by atoms with Crippen LogP contribution in [0.1, 0.15) is 17.4 Å². The van der Waals surface area contributed by atoms with Crippen molar-refractivity contribution in [1.82, 2.24) is 9.97 Å². The summed E-state index contributed by atoms with van der Waals surface area (Å²) < 4.78 is 5.28. The Hall–Kier alpha value is -2.66. The van der Waals surface area contributed by atoms with Gasteiger partial charge >= 0.3 is 0 Å². The lowest BCUT2D eigenvalue weighted by Crippen LogP contribution is -2.24. The number of aromatic nitrogens is 2. The molecule has 1 N–H and O–H groups in total. The Balaban J connectivity index is 1.93. The number of anilines is 1. The summed E-state index contributed by atoms with van der Waals surface area (Å²) in [6, 6.07) is 11.6. The average molecular weight is 323 g/mol. The molecule has 0 fully saturated rings. The van der Waals surface area contributed by atoms with Gasteiger partial charge in [0.05, 0.1) is 18.7 Å². The SMILES string of the molecule is COc1ccc2c(N(C)CC(O)c3cccnc3)cc(C)nc2c1. The largest absolute Gasteiger partial charge is 0.497 e. The van der Waals surface area contributed by atoms with Gasteiger partial charge in [0.25, 0.3) is 0 Å². The maximum Gasteiger partial charge on any atom is 0.121 e. The van der Waals surface area contributed by atoms with Crippen LogP contribution in [0.25, 0.3) is 10.9 Å². The molecular formula is C19H21N3O2.